The van der Waals surface area contributed by atoms with Crippen LogP contribution < -0.4 is 4.74 Å². The summed E-state index contributed by atoms with van der Waals surface area (Å²) in [5.74, 6) is 2.07. The van der Waals surface area contributed by atoms with Crippen LogP contribution in [0.4, 0.5) is 0 Å². The topological polar surface area (TPSA) is 66.5 Å². The molecule has 0 aliphatic carbocycles. The molecule has 0 unspecified atom stereocenters. The molecule has 0 fully saturated rings. The summed E-state index contributed by atoms with van der Waals surface area (Å²) in [6.07, 6.45) is 0. The molecule has 0 aliphatic rings. The standard InChI is InChI=1S/C22H20N2O3/c1-16-3-10-21(27-16)14-24(2)22(25)15-26-20-11-8-19(9-12-20)18-6-4-17(13-23)5-7-18/h3-12H,14-15H2,1-2H3. The third kappa shape index (κ3) is 4.77. The number of hydrogen-bond donors (Lipinski definition) is 0. The van der Waals surface area contributed by atoms with E-state index in [1.54, 1.807) is 24.1 Å². The van der Waals surface area contributed by atoms with E-state index in [1.165, 1.54) is 0 Å². The Morgan fingerprint density at radius 2 is 1.67 bits per heavy atom. The molecule has 0 atom stereocenters. The summed E-state index contributed by atoms with van der Waals surface area (Å²) in [6, 6.07) is 20.7. The zero-order valence-corrected chi connectivity index (χ0v) is 15.3. The van der Waals surface area contributed by atoms with Gasteiger partial charge in [-0.05, 0) is 54.4 Å². The van der Waals surface area contributed by atoms with E-state index < -0.39 is 0 Å². The summed E-state index contributed by atoms with van der Waals surface area (Å²) in [4.78, 5) is 13.8. The van der Waals surface area contributed by atoms with Gasteiger partial charge in [0.25, 0.3) is 5.91 Å². The summed E-state index contributed by atoms with van der Waals surface area (Å²) in [6.45, 7) is 2.25. The van der Waals surface area contributed by atoms with Crippen molar-refractivity contribution in [2.75, 3.05) is 13.7 Å². The Hall–Kier alpha value is -3.52. The van der Waals surface area contributed by atoms with E-state index in [4.69, 9.17) is 14.4 Å². The Bertz CT molecular complexity index is 950. The van der Waals surface area contributed by atoms with Crippen molar-refractivity contribution in [2.45, 2.75) is 13.5 Å². The second-order valence-electron chi connectivity index (χ2n) is 6.26. The lowest BCUT2D eigenvalue weighted by Crippen LogP contribution is -2.30. The van der Waals surface area contributed by atoms with E-state index in [9.17, 15) is 4.79 Å². The van der Waals surface area contributed by atoms with Gasteiger partial charge in [0.05, 0.1) is 18.2 Å². The van der Waals surface area contributed by atoms with Gasteiger partial charge in [-0.15, -0.1) is 0 Å². The number of likely N-dealkylation sites (N-methyl/N-ethyl adjacent to an activating group) is 1. The van der Waals surface area contributed by atoms with Crippen molar-refractivity contribution < 1.29 is 13.9 Å². The second-order valence-corrected chi connectivity index (χ2v) is 6.26. The van der Waals surface area contributed by atoms with Gasteiger partial charge in [0.1, 0.15) is 17.3 Å². The Balaban J connectivity index is 1.54. The van der Waals surface area contributed by atoms with E-state index in [2.05, 4.69) is 6.07 Å². The number of amides is 1. The summed E-state index contributed by atoms with van der Waals surface area (Å²) < 4.78 is 11.1. The van der Waals surface area contributed by atoms with Crippen molar-refractivity contribution in [1.82, 2.24) is 4.90 Å². The molecular formula is C22H20N2O3. The monoisotopic (exact) mass is 360 g/mol. The van der Waals surface area contributed by atoms with E-state index in [0.29, 0.717) is 17.9 Å². The maximum Gasteiger partial charge on any atom is 0.260 e. The molecule has 3 rings (SSSR count). The first kappa shape index (κ1) is 18.3. The zero-order chi connectivity index (χ0) is 19.2. The molecule has 3 aromatic rings. The molecule has 136 valence electrons. The van der Waals surface area contributed by atoms with Crippen molar-refractivity contribution in [2.24, 2.45) is 0 Å². The number of ether oxygens (including phenoxy) is 1. The molecule has 27 heavy (non-hydrogen) atoms. The van der Waals surface area contributed by atoms with Crippen LogP contribution in [0.25, 0.3) is 11.1 Å². The van der Waals surface area contributed by atoms with Gasteiger partial charge in [-0.3, -0.25) is 4.79 Å². The smallest absolute Gasteiger partial charge is 0.260 e. The maximum absolute atomic E-state index is 12.2. The number of rotatable bonds is 6. The van der Waals surface area contributed by atoms with E-state index in [1.807, 2.05) is 55.5 Å². The fourth-order valence-corrected chi connectivity index (χ4v) is 2.63. The number of hydrogen-bond acceptors (Lipinski definition) is 4. The summed E-state index contributed by atoms with van der Waals surface area (Å²) >= 11 is 0. The minimum Gasteiger partial charge on any atom is -0.484 e. The van der Waals surface area contributed by atoms with Gasteiger partial charge in [-0.2, -0.15) is 5.26 Å². The molecule has 1 aromatic heterocycles. The van der Waals surface area contributed by atoms with Crippen LogP contribution in [0.3, 0.4) is 0 Å². The molecule has 0 aliphatic heterocycles. The van der Waals surface area contributed by atoms with Crippen molar-refractivity contribution in [3.63, 3.8) is 0 Å². The normalized spacial score (nSPS) is 10.3. The number of benzene rings is 2. The average Bonchev–Trinajstić information content (AvgIpc) is 3.11. The summed E-state index contributed by atoms with van der Waals surface area (Å²) in [5.41, 5.74) is 2.67. The van der Waals surface area contributed by atoms with Crippen LogP contribution in [0.1, 0.15) is 17.1 Å². The minimum atomic E-state index is -0.125. The number of nitrogens with zero attached hydrogens (tertiary/aromatic N) is 2. The predicted octanol–water partition coefficient (Wildman–Crippen LogP) is 4.16. The van der Waals surface area contributed by atoms with Crippen LogP contribution in [-0.4, -0.2) is 24.5 Å². The second kappa shape index (κ2) is 8.24. The average molecular weight is 360 g/mol. The molecule has 0 radical (unpaired) electrons. The van der Waals surface area contributed by atoms with Crippen LogP contribution >= 0.6 is 0 Å². The molecule has 1 heterocycles. The van der Waals surface area contributed by atoms with Crippen molar-refractivity contribution in [1.29, 1.82) is 5.26 Å². The van der Waals surface area contributed by atoms with Gasteiger partial charge in [0.15, 0.2) is 6.61 Å². The Kier molecular flexibility index (Phi) is 5.58. The highest BCUT2D eigenvalue weighted by Crippen LogP contribution is 2.23. The number of aryl methyl sites for hydroxylation is 1. The first-order chi connectivity index (χ1) is 13.0. The van der Waals surface area contributed by atoms with E-state index in [-0.39, 0.29) is 12.5 Å². The highest BCUT2D eigenvalue weighted by molar-refractivity contribution is 5.77. The lowest BCUT2D eigenvalue weighted by Gasteiger charge is -2.16. The first-order valence-corrected chi connectivity index (χ1v) is 8.58. The zero-order valence-electron chi connectivity index (χ0n) is 15.3. The van der Waals surface area contributed by atoms with Gasteiger partial charge in [-0.25, -0.2) is 0 Å². The quantitative estimate of drug-likeness (QED) is 0.662. The first-order valence-electron chi connectivity index (χ1n) is 8.58. The third-order valence-corrected chi connectivity index (χ3v) is 4.18. The fraction of sp³-hybridized carbons (Fsp3) is 0.182. The third-order valence-electron chi connectivity index (χ3n) is 4.18. The van der Waals surface area contributed by atoms with Gasteiger partial charge in [0, 0.05) is 7.05 Å². The summed E-state index contributed by atoms with van der Waals surface area (Å²) in [5, 5.41) is 8.86. The molecule has 0 spiro atoms. The van der Waals surface area contributed by atoms with Crippen LogP contribution in [0.15, 0.2) is 65.1 Å². The fourth-order valence-electron chi connectivity index (χ4n) is 2.63. The lowest BCUT2D eigenvalue weighted by atomic mass is 10.0. The minimum absolute atomic E-state index is 0.0353. The Morgan fingerprint density at radius 3 is 2.22 bits per heavy atom. The number of carbonyl (C=O) groups is 1. The van der Waals surface area contributed by atoms with Crippen molar-refractivity contribution in [3.8, 4) is 22.9 Å². The highest BCUT2D eigenvalue weighted by Gasteiger charge is 2.12. The molecule has 0 bridgehead atoms. The van der Waals surface area contributed by atoms with Crippen molar-refractivity contribution >= 4 is 5.91 Å². The van der Waals surface area contributed by atoms with Crippen LogP contribution in [-0.2, 0) is 11.3 Å². The SMILES string of the molecule is Cc1ccc(CN(C)C(=O)COc2ccc(-c3ccc(C#N)cc3)cc2)o1. The van der Waals surface area contributed by atoms with Gasteiger partial charge >= 0.3 is 0 Å². The molecule has 0 saturated heterocycles. The largest absolute Gasteiger partial charge is 0.484 e. The maximum atomic E-state index is 12.2. The molecular weight excluding hydrogens is 340 g/mol. The Morgan fingerprint density at radius 1 is 1.04 bits per heavy atom. The molecule has 2 aromatic carbocycles. The van der Waals surface area contributed by atoms with Crippen LogP contribution in [0, 0.1) is 18.3 Å². The highest BCUT2D eigenvalue weighted by atomic mass is 16.5. The van der Waals surface area contributed by atoms with Crippen molar-refractivity contribution in [3.05, 3.63) is 77.7 Å². The predicted molar refractivity (Wildman–Crippen MR) is 102 cm³/mol. The number of carbonyl (C=O) groups excluding carboxylic acids is 1. The van der Waals surface area contributed by atoms with Crippen LogP contribution in [0.5, 0.6) is 5.75 Å². The molecule has 1 amide bonds. The van der Waals surface area contributed by atoms with Gasteiger partial charge in [-0.1, -0.05) is 24.3 Å². The van der Waals surface area contributed by atoms with E-state index in [0.717, 1.165) is 22.6 Å². The van der Waals surface area contributed by atoms with Gasteiger partial charge < -0.3 is 14.1 Å². The molecule has 5 nitrogen and oxygen atoms in total. The Labute approximate surface area is 158 Å². The van der Waals surface area contributed by atoms with E-state index >= 15 is 0 Å². The van der Waals surface area contributed by atoms with Crippen LogP contribution in [0.2, 0.25) is 0 Å². The molecule has 0 N–H and O–H groups in total. The number of furan rings is 1. The summed E-state index contributed by atoms with van der Waals surface area (Å²) in [7, 11) is 1.72. The van der Waals surface area contributed by atoms with Gasteiger partial charge in [0.2, 0.25) is 0 Å². The molecule has 0 saturated carbocycles. The lowest BCUT2D eigenvalue weighted by molar-refractivity contribution is -0.132. The molecule has 5 heteroatoms. The number of nitriles is 1.